The summed E-state index contributed by atoms with van der Waals surface area (Å²) < 4.78 is 0. The maximum Gasteiger partial charge on any atom is 0.0965 e. The van der Waals surface area contributed by atoms with Gasteiger partial charge in [-0.05, 0) is 31.2 Å². The molecule has 108 valence electrons. The van der Waals surface area contributed by atoms with Gasteiger partial charge in [0.15, 0.2) is 0 Å². The first-order valence-corrected chi connectivity index (χ1v) is 8.28. The summed E-state index contributed by atoms with van der Waals surface area (Å²) in [6.07, 6.45) is 10.4. The molecule has 0 aromatic heterocycles. The molecule has 1 N–H and O–H groups in total. The Morgan fingerprint density at radius 1 is 0.900 bits per heavy atom. The number of nitrogens with zero attached hydrogens (tertiary/aromatic N) is 1. The molecule has 2 atom stereocenters. The van der Waals surface area contributed by atoms with Crippen LogP contribution < -0.4 is 5.32 Å². The lowest BCUT2D eigenvalue weighted by molar-refractivity contribution is 0.359. The van der Waals surface area contributed by atoms with E-state index >= 15 is 0 Å². The molecule has 1 aliphatic carbocycles. The van der Waals surface area contributed by atoms with E-state index in [1.165, 1.54) is 56.3 Å². The predicted molar refractivity (Wildman–Crippen MR) is 85.3 cm³/mol. The minimum Gasteiger partial charge on any atom is -0.370 e. The highest BCUT2D eigenvalue weighted by Crippen LogP contribution is 2.33. The van der Waals surface area contributed by atoms with Crippen molar-refractivity contribution in [2.45, 2.75) is 63.3 Å². The Hall–Kier alpha value is -1.31. The van der Waals surface area contributed by atoms with Gasteiger partial charge in [-0.15, -0.1) is 0 Å². The highest BCUT2D eigenvalue weighted by atomic mass is 15.0. The lowest BCUT2D eigenvalue weighted by Gasteiger charge is -2.33. The van der Waals surface area contributed by atoms with Gasteiger partial charge in [-0.1, -0.05) is 49.6 Å². The normalized spacial score (nSPS) is 27.5. The fourth-order valence-corrected chi connectivity index (χ4v) is 3.61. The van der Waals surface area contributed by atoms with Crippen molar-refractivity contribution in [1.29, 1.82) is 0 Å². The molecule has 1 fully saturated rings. The number of aliphatic imine (C=N–C) groups is 1. The summed E-state index contributed by atoms with van der Waals surface area (Å²) in [7, 11) is 0. The van der Waals surface area contributed by atoms with Crippen LogP contribution >= 0.6 is 0 Å². The van der Waals surface area contributed by atoms with Gasteiger partial charge in [0, 0.05) is 24.9 Å². The van der Waals surface area contributed by atoms with E-state index in [0.29, 0.717) is 12.0 Å². The molecule has 0 saturated heterocycles. The van der Waals surface area contributed by atoms with Gasteiger partial charge in [-0.25, -0.2) is 0 Å². The number of hydrogen-bond acceptors (Lipinski definition) is 2. The standard InChI is InChI=1S/C18H26N2/c1-3-9-15(10-4-1)16-11-6-7-12-17(16)20-18-13-5-2-8-14-19-18/h1,3-4,9-10,16-17H,2,5-8,11-14H2,(H,19,20)/t16-,17+/m0/s1. The van der Waals surface area contributed by atoms with Crippen molar-refractivity contribution in [2.75, 3.05) is 6.54 Å². The molecule has 1 saturated carbocycles. The van der Waals surface area contributed by atoms with E-state index in [0.717, 1.165) is 13.0 Å². The van der Waals surface area contributed by atoms with Crippen molar-refractivity contribution in [3.05, 3.63) is 35.9 Å². The first-order chi connectivity index (χ1) is 9.93. The van der Waals surface area contributed by atoms with E-state index in [-0.39, 0.29) is 0 Å². The van der Waals surface area contributed by atoms with Crippen LogP contribution in [0.25, 0.3) is 0 Å². The van der Waals surface area contributed by atoms with Gasteiger partial charge in [-0.3, -0.25) is 4.99 Å². The van der Waals surface area contributed by atoms with Gasteiger partial charge < -0.3 is 5.32 Å². The Morgan fingerprint density at radius 2 is 1.75 bits per heavy atom. The minimum atomic E-state index is 0.586. The van der Waals surface area contributed by atoms with E-state index in [9.17, 15) is 0 Å². The molecule has 0 bridgehead atoms. The molecule has 0 radical (unpaired) electrons. The van der Waals surface area contributed by atoms with Gasteiger partial charge in [-0.2, -0.15) is 0 Å². The maximum absolute atomic E-state index is 4.75. The van der Waals surface area contributed by atoms with E-state index in [1.54, 1.807) is 0 Å². The largest absolute Gasteiger partial charge is 0.370 e. The van der Waals surface area contributed by atoms with Gasteiger partial charge in [0.25, 0.3) is 0 Å². The minimum absolute atomic E-state index is 0.586. The maximum atomic E-state index is 4.75. The molecule has 1 aromatic rings. The second-order valence-electron chi connectivity index (χ2n) is 6.19. The van der Waals surface area contributed by atoms with Gasteiger partial charge >= 0.3 is 0 Å². The Kier molecular flexibility index (Phi) is 4.73. The summed E-state index contributed by atoms with van der Waals surface area (Å²) in [6.45, 7) is 1.02. The third-order valence-corrected chi connectivity index (χ3v) is 4.72. The quantitative estimate of drug-likeness (QED) is 0.852. The average molecular weight is 270 g/mol. The fraction of sp³-hybridized carbons (Fsp3) is 0.611. The van der Waals surface area contributed by atoms with Crippen LogP contribution in [0.5, 0.6) is 0 Å². The number of amidine groups is 1. The highest BCUT2D eigenvalue weighted by molar-refractivity contribution is 5.82. The molecule has 0 spiro atoms. The van der Waals surface area contributed by atoms with Gasteiger partial charge in [0.05, 0.1) is 5.84 Å². The molecule has 2 nitrogen and oxygen atoms in total. The molecule has 0 unspecified atom stereocenters. The van der Waals surface area contributed by atoms with E-state index in [1.807, 2.05) is 0 Å². The zero-order valence-corrected chi connectivity index (χ0v) is 12.4. The number of nitrogens with one attached hydrogen (secondary N) is 1. The van der Waals surface area contributed by atoms with Crippen LogP contribution in [0.1, 0.15) is 62.8 Å². The van der Waals surface area contributed by atoms with Crippen LogP contribution in [0.3, 0.4) is 0 Å². The third-order valence-electron chi connectivity index (χ3n) is 4.72. The molecular weight excluding hydrogens is 244 g/mol. The number of benzene rings is 1. The Labute approximate surface area is 122 Å². The second-order valence-corrected chi connectivity index (χ2v) is 6.19. The molecule has 2 aliphatic rings. The smallest absolute Gasteiger partial charge is 0.0965 e. The molecule has 0 amide bonds. The van der Waals surface area contributed by atoms with Crippen LogP contribution in [0.15, 0.2) is 35.3 Å². The summed E-state index contributed by atoms with van der Waals surface area (Å²) in [5.74, 6) is 1.94. The predicted octanol–water partition coefficient (Wildman–Crippen LogP) is 4.27. The monoisotopic (exact) mass is 270 g/mol. The first-order valence-electron chi connectivity index (χ1n) is 8.28. The van der Waals surface area contributed by atoms with Crippen LogP contribution in [-0.4, -0.2) is 18.4 Å². The van der Waals surface area contributed by atoms with Gasteiger partial charge in [0.1, 0.15) is 0 Å². The summed E-state index contributed by atoms with van der Waals surface area (Å²) in [5.41, 5.74) is 1.50. The zero-order valence-electron chi connectivity index (χ0n) is 12.4. The van der Waals surface area contributed by atoms with Crippen molar-refractivity contribution in [2.24, 2.45) is 4.99 Å². The molecule has 1 aromatic carbocycles. The van der Waals surface area contributed by atoms with Crippen molar-refractivity contribution < 1.29 is 0 Å². The summed E-state index contributed by atoms with van der Waals surface area (Å²) >= 11 is 0. The summed E-state index contributed by atoms with van der Waals surface area (Å²) in [5, 5.41) is 3.80. The van der Waals surface area contributed by atoms with Crippen LogP contribution in [0.4, 0.5) is 0 Å². The molecule has 2 heteroatoms. The molecule has 20 heavy (non-hydrogen) atoms. The van der Waals surface area contributed by atoms with Crippen molar-refractivity contribution in [3.63, 3.8) is 0 Å². The first kappa shape index (κ1) is 13.7. The van der Waals surface area contributed by atoms with Crippen molar-refractivity contribution in [3.8, 4) is 0 Å². The zero-order chi connectivity index (χ0) is 13.6. The highest BCUT2D eigenvalue weighted by Gasteiger charge is 2.27. The van der Waals surface area contributed by atoms with Crippen LogP contribution in [0, 0.1) is 0 Å². The topological polar surface area (TPSA) is 24.4 Å². The number of hydrogen-bond donors (Lipinski definition) is 1. The van der Waals surface area contributed by atoms with Crippen LogP contribution in [0.2, 0.25) is 0 Å². The van der Waals surface area contributed by atoms with E-state index in [2.05, 4.69) is 35.6 Å². The van der Waals surface area contributed by atoms with E-state index < -0.39 is 0 Å². The van der Waals surface area contributed by atoms with Gasteiger partial charge in [0.2, 0.25) is 0 Å². The molecule has 1 aliphatic heterocycles. The van der Waals surface area contributed by atoms with Crippen LogP contribution in [-0.2, 0) is 0 Å². The Bertz CT molecular complexity index is 438. The summed E-state index contributed by atoms with van der Waals surface area (Å²) in [6, 6.07) is 11.6. The molecule has 1 heterocycles. The molecule has 3 rings (SSSR count). The third kappa shape index (κ3) is 3.41. The van der Waals surface area contributed by atoms with E-state index in [4.69, 9.17) is 4.99 Å². The second kappa shape index (κ2) is 6.92. The Morgan fingerprint density at radius 3 is 2.65 bits per heavy atom. The van der Waals surface area contributed by atoms with Crippen molar-refractivity contribution >= 4 is 5.84 Å². The Balaban J connectivity index is 1.70. The number of rotatable bonds is 2. The average Bonchev–Trinajstić information content (AvgIpc) is 2.77. The SMILES string of the molecule is c1ccc([C@@H]2CCCC[C@H]2NC2=NCCCCC2)cc1. The fourth-order valence-electron chi connectivity index (χ4n) is 3.61. The lowest BCUT2D eigenvalue weighted by atomic mass is 9.80. The summed E-state index contributed by atoms with van der Waals surface area (Å²) in [4.78, 5) is 4.75. The lowest BCUT2D eigenvalue weighted by Crippen LogP contribution is -2.41. The molecular formula is C18H26N2. The van der Waals surface area contributed by atoms with Crippen molar-refractivity contribution in [1.82, 2.24) is 5.32 Å².